The maximum Gasteiger partial charge on any atom is 0.247 e. The van der Waals surface area contributed by atoms with Gasteiger partial charge in [0.05, 0.1) is 12.0 Å². The number of thioether (sulfide) groups is 1. The zero-order chi connectivity index (χ0) is 18.1. The maximum atomic E-state index is 12.8. The number of hydrogen-bond donors (Lipinski definition) is 0. The molecule has 0 bridgehead atoms. The second kappa shape index (κ2) is 6.80. The largest absolute Gasteiger partial charge is 0.463 e. The zero-order valence-electron chi connectivity index (χ0n) is 14.2. The van der Waals surface area contributed by atoms with Crippen molar-refractivity contribution in [1.82, 2.24) is 15.2 Å². The Morgan fingerprint density at radius 2 is 2.08 bits per heavy atom. The summed E-state index contributed by atoms with van der Waals surface area (Å²) >= 11 is 1.37. The van der Waals surface area contributed by atoms with Crippen LogP contribution in [0.2, 0.25) is 0 Å². The smallest absolute Gasteiger partial charge is 0.247 e. The van der Waals surface area contributed by atoms with Crippen LogP contribution in [0.15, 0.2) is 52.2 Å². The van der Waals surface area contributed by atoms with Gasteiger partial charge in [-0.05, 0) is 24.5 Å². The van der Waals surface area contributed by atoms with Crippen LogP contribution in [0.1, 0.15) is 25.3 Å². The Morgan fingerprint density at radius 3 is 2.81 bits per heavy atom. The number of amides is 1. The Hall–Kier alpha value is -2.87. The molecular formula is C18H16N4O3S. The van der Waals surface area contributed by atoms with Gasteiger partial charge in [-0.3, -0.25) is 9.69 Å². The number of ether oxygens (including phenoxy) is 1. The molecule has 26 heavy (non-hydrogen) atoms. The third kappa shape index (κ3) is 2.72. The number of furan rings is 1. The fourth-order valence-corrected chi connectivity index (χ4v) is 3.15. The van der Waals surface area contributed by atoms with Crippen molar-refractivity contribution in [3.63, 3.8) is 0 Å². The molecule has 0 saturated heterocycles. The molecule has 132 valence electrons. The number of carbonyl (C=O) groups is 1. The van der Waals surface area contributed by atoms with Crippen LogP contribution in [-0.2, 0) is 4.79 Å². The van der Waals surface area contributed by atoms with Crippen LogP contribution < -0.4 is 9.64 Å². The lowest BCUT2D eigenvalue weighted by Crippen LogP contribution is -2.37. The summed E-state index contributed by atoms with van der Waals surface area (Å²) in [5, 5.41) is 8.92. The number of hydrogen-bond acceptors (Lipinski definition) is 7. The summed E-state index contributed by atoms with van der Waals surface area (Å²) in [4.78, 5) is 18.9. The fourth-order valence-electron chi connectivity index (χ4n) is 2.86. The Morgan fingerprint density at radius 1 is 1.23 bits per heavy atom. The Kier molecular flexibility index (Phi) is 4.34. The summed E-state index contributed by atoms with van der Waals surface area (Å²) in [6.07, 6.45) is 2.97. The van der Waals surface area contributed by atoms with Crippen molar-refractivity contribution in [1.29, 1.82) is 0 Å². The minimum atomic E-state index is -0.772. The molecule has 0 unspecified atom stereocenters. The third-order valence-electron chi connectivity index (χ3n) is 4.05. The highest BCUT2D eigenvalue weighted by atomic mass is 32.2. The maximum absolute atomic E-state index is 12.8. The molecule has 0 fully saturated rings. The second-order valence-electron chi connectivity index (χ2n) is 5.57. The molecule has 0 saturated carbocycles. The quantitative estimate of drug-likeness (QED) is 0.652. The van der Waals surface area contributed by atoms with E-state index in [9.17, 15) is 4.79 Å². The first-order chi connectivity index (χ1) is 12.7. The van der Waals surface area contributed by atoms with Crippen molar-refractivity contribution < 1.29 is 13.9 Å². The van der Waals surface area contributed by atoms with Crippen molar-refractivity contribution in [2.24, 2.45) is 0 Å². The van der Waals surface area contributed by atoms with Gasteiger partial charge < -0.3 is 9.15 Å². The average Bonchev–Trinajstić information content (AvgIpc) is 3.17. The van der Waals surface area contributed by atoms with E-state index in [4.69, 9.17) is 9.15 Å². The molecule has 7 nitrogen and oxygen atoms in total. The summed E-state index contributed by atoms with van der Waals surface area (Å²) in [5.41, 5.74) is 1.93. The van der Waals surface area contributed by atoms with Crippen molar-refractivity contribution in [3.05, 3.63) is 48.4 Å². The lowest BCUT2D eigenvalue weighted by molar-refractivity contribution is -0.120. The van der Waals surface area contributed by atoms with Gasteiger partial charge >= 0.3 is 0 Å². The van der Waals surface area contributed by atoms with Crippen LogP contribution in [0.4, 0.5) is 5.69 Å². The van der Waals surface area contributed by atoms with E-state index in [1.54, 1.807) is 23.3 Å². The summed E-state index contributed by atoms with van der Waals surface area (Å²) in [6, 6.07) is 11.0. The summed E-state index contributed by atoms with van der Waals surface area (Å²) in [5.74, 6) is 0.744. The van der Waals surface area contributed by atoms with Gasteiger partial charge in [0.25, 0.3) is 0 Å². The Labute approximate surface area is 154 Å². The number of para-hydroxylation sites is 1. The van der Waals surface area contributed by atoms with E-state index in [0.29, 0.717) is 34.6 Å². The van der Waals surface area contributed by atoms with Gasteiger partial charge in [0.2, 0.25) is 23.2 Å². The van der Waals surface area contributed by atoms with Crippen LogP contribution in [0.25, 0.3) is 11.3 Å². The van der Waals surface area contributed by atoms with Gasteiger partial charge in [-0.25, -0.2) is 0 Å². The number of anilines is 1. The molecule has 4 rings (SSSR count). The van der Waals surface area contributed by atoms with Gasteiger partial charge in [-0.15, -0.1) is 10.2 Å². The normalized spacial score (nSPS) is 15.6. The number of rotatable bonds is 3. The molecule has 0 N–H and O–H groups in total. The number of aromatic nitrogens is 3. The molecule has 1 aliphatic rings. The highest BCUT2D eigenvalue weighted by molar-refractivity contribution is 7.98. The number of carbonyl (C=O) groups excluding carboxylic acids is 1. The van der Waals surface area contributed by atoms with E-state index in [2.05, 4.69) is 15.2 Å². The van der Waals surface area contributed by atoms with Gasteiger partial charge in [0, 0.05) is 12.0 Å². The van der Waals surface area contributed by atoms with E-state index < -0.39 is 6.23 Å². The molecule has 1 aliphatic heterocycles. The summed E-state index contributed by atoms with van der Waals surface area (Å²) in [7, 11) is 0. The Balaban J connectivity index is 1.97. The molecule has 1 aromatic carbocycles. The highest BCUT2D eigenvalue weighted by Crippen LogP contribution is 2.43. The van der Waals surface area contributed by atoms with Crippen molar-refractivity contribution in [2.75, 3.05) is 11.2 Å². The highest BCUT2D eigenvalue weighted by Gasteiger charge is 2.36. The number of fused-ring (bicyclic) bond motifs is 3. The monoisotopic (exact) mass is 368 g/mol. The van der Waals surface area contributed by atoms with Crippen molar-refractivity contribution >= 4 is 23.4 Å². The minimum absolute atomic E-state index is 0.0929. The topological polar surface area (TPSA) is 81.4 Å². The standard InChI is InChI=1S/C18H16N4O3S/c1-3-14(23)22-12-8-5-4-7-11(12)15-16(19-18(26-2)21-20-15)25-17(22)13-9-6-10-24-13/h4-10,17H,3H2,1-2H3/t17-/m1/s1. The zero-order valence-corrected chi connectivity index (χ0v) is 15.1. The Bertz CT molecular complexity index is 945. The van der Waals surface area contributed by atoms with Crippen LogP contribution in [0.3, 0.4) is 0 Å². The molecule has 1 amide bonds. The first kappa shape index (κ1) is 16.6. The van der Waals surface area contributed by atoms with Gasteiger partial charge in [0.15, 0.2) is 11.5 Å². The lowest BCUT2D eigenvalue weighted by Gasteiger charge is -2.28. The molecule has 8 heteroatoms. The van der Waals surface area contributed by atoms with E-state index >= 15 is 0 Å². The van der Waals surface area contributed by atoms with Crippen LogP contribution in [-0.4, -0.2) is 27.3 Å². The van der Waals surface area contributed by atoms with E-state index in [1.807, 2.05) is 37.4 Å². The number of benzene rings is 1. The molecule has 0 spiro atoms. The predicted octanol–water partition coefficient (Wildman–Crippen LogP) is 3.69. The first-order valence-electron chi connectivity index (χ1n) is 8.13. The molecule has 1 atom stereocenters. The van der Waals surface area contributed by atoms with Crippen molar-refractivity contribution in [3.8, 4) is 17.1 Å². The average molecular weight is 368 g/mol. The van der Waals surface area contributed by atoms with Crippen LogP contribution in [0, 0.1) is 0 Å². The molecule has 3 aromatic rings. The molecule has 0 radical (unpaired) electrons. The first-order valence-corrected chi connectivity index (χ1v) is 9.35. The molecule has 2 aromatic heterocycles. The van der Waals surface area contributed by atoms with Crippen LogP contribution >= 0.6 is 11.8 Å². The van der Waals surface area contributed by atoms with E-state index in [-0.39, 0.29) is 5.91 Å². The van der Waals surface area contributed by atoms with Gasteiger partial charge in [-0.1, -0.05) is 36.9 Å². The molecule has 0 aliphatic carbocycles. The second-order valence-corrected chi connectivity index (χ2v) is 6.35. The lowest BCUT2D eigenvalue weighted by atomic mass is 10.1. The van der Waals surface area contributed by atoms with E-state index in [1.165, 1.54) is 11.8 Å². The van der Waals surface area contributed by atoms with Crippen molar-refractivity contribution in [2.45, 2.75) is 24.7 Å². The van der Waals surface area contributed by atoms with Gasteiger partial charge in [0.1, 0.15) is 0 Å². The van der Waals surface area contributed by atoms with Crippen LogP contribution in [0.5, 0.6) is 5.88 Å². The predicted molar refractivity (Wildman–Crippen MR) is 96.9 cm³/mol. The summed E-state index contributed by atoms with van der Waals surface area (Å²) in [6.45, 7) is 1.81. The fraction of sp³-hybridized carbons (Fsp3) is 0.222. The number of nitrogens with zero attached hydrogens (tertiary/aromatic N) is 4. The van der Waals surface area contributed by atoms with Gasteiger partial charge in [-0.2, -0.15) is 4.98 Å². The minimum Gasteiger partial charge on any atom is -0.463 e. The SMILES string of the molecule is CCC(=O)N1c2ccccc2-c2nnc(SC)nc2O[C@@H]1c1ccco1. The third-order valence-corrected chi connectivity index (χ3v) is 4.59. The summed E-state index contributed by atoms with van der Waals surface area (Å²) < 4.78 is 11.7. The molecule has 3 heterocycles. The molecular weight excluding hydrogens is 352 g/mol. The van der Waals surface area contributed by atoms with E-state index in [0.717, 1.165) is 5.56 Å².